The molecule has 5 nitrogen and oxygen atoms in total. The Balaban J connectivity index is 2.41. The van der Waals surface area contributed by atoms with E-state index in [-0.39, 0.29) is 17.3 Å². The molecule has 0 radical (unpaired) electrons. The van der Waals surface area contributed by atoms with E-state index in [9.17, 15) is 13.2 Å². The topological polar surface area (TPSA) is 66.5 Å². The highest BCUT2D eigenvalue weighted by molar-refractivity contribution is 9.10. The Morgan fingerprint density at radius 1 is 1.47 bits per heavy atom. The zero-order valence-electron chi connectivity index (χ0n) is 10.1. The Hall–Kier alpha value is -0.630. The molecule has 1 atom stereocenters. The molecule has 2 rings (SSSR count). The maximum Gasteiger partial charge on any atom is 0.243 e. The number of carbonyl (C=O) groups is 1. The lowest BCUT2D eigenvalue weighted by Crippen LogP contribution is -2.55. The largest absolute Gasteiger partial charge is 0.353 e. The minimum atomic E-state index is -3.70. The van der Waals surface area contributed by atoms with Crippen LogP contribution in [0.25, 0.3) is 0 Å². The average molecular weight is 368 g/mol. The predicted molar refractivity (Wildman–Crippen MR) is 75.5 cm³/mol. The summed E-state index contributed by atoms with van der Waals surface area (Å²) in [7, 11) is -3.70. The lowest BCUT2D eigenvalue weighted by atomic mass is 10.2. The Morgan fingerprint density at radius 3 is 2.79 bits per heavy atom. The van der Waals surface area contributed by atoms with Crippen molar-refractivity contribution in [1.82, 2.24) is 9.62 Å². The van der Waals surface area contributed by atoms with E-state index in [1.54, 1.807) is 6.92 Å². The molecule has 0 bridgehead atoms. The summed E-state index contributed by atoms with van der Waals surface area (Å²) >= 11 is 9.04. The zero-order valence-corrected chi connectivity index (χ0v) is 13.2. The van der Waals surface area contributed by atoms with Crippen molar-refractivity contribution in [2.75, 3.05) is 13.1 Å². The molecule has 1 aliphatic rings. The second kappa shape index (κ2) is 5.40. The monoisotopic (exact) mass is 366 g/mol. The van der Waals surface area contributed by atoms with Crippen LogP contribution < -0.4 is 5.32 Å². The first-order valence-corrected chi connectivity index (χ1v) is 8.20. The molecule has 1 saturated heterocycles. The standard InChI is InChI=1S/C11H12BrClN2O3S/c1-7-11(16)14-4-5-15(7)19(17,18)8-2-3-10(13)9(12)6-8/h2-3,6-7H,4-5H2,1H3,(H,14,16). The molecule has 19 heavy (non-hydrogen) atoms. The van der Waals surface area contributed by atoms with Crippen LogP contribution in [0.4, 0.5) is 0 Å². The molecule has 1 fully saturated rings. The third-order valence-electron chi connectivity index (χ3n) is 2.94. The first-order valence-electron chi connectivity index (χ1n) is 5.58. The van der Waals surface area contributed by atoms with E-state index in [1.807, 2.05) is 0 Å². The van der Waals surface area contributed by atoms with E-state index in [0.717, 1.165) is 0 Å². The van der Waals surface area contributed by atoms with Crippen LogP contribution in [-0.2, 0) is 14.8 Å². The molecule has 104 valence electrons. The number of carbonyl (C=O) groups excluding carboxylic acids is 1. The number of halogens is 2. The average Bonchev–Trinajstić information content (AvgIpc) is 2.35. The fourth-order valence-corrected chi connectivity index (χ4v) is 4.13. The van der Waals surface area contributed by atoms with Crippen LogP contribution in [0.5, 0.6) is 0 Å². The normalized spacial score (nSPS) is 21.2. The smallest absolute Gasteiger partial charge is 0.243 e. The van der Waals surface area contributed by atoms with Gasteiger partial charge in [0.15, 0.2) is 0 Å². The number of rotatable bonds is 2. The van der Waals surface area contributed by atoms with Crippen molar-refractivity contribution in [2.24, 2.45) is 0 Å². The van der Waals surface area contributed by atoms with Gasteiger partial charge in [0.1, 0.15) is 6.04 Å². The van der Waals surface area contributed by atoms with E-state index in [2.05, 4.69) is 21.2 Å². The summed E-state index contributed by atoms with van der Waals surface area (Å²) < 4.78 is 26.7. The van der Waals surface area contributed by atoms with Gasteiger partial charge < -0.3 is 5.32 Å². The summed E-state index contributed by atoms with van der Waals surface area (Å²) in [5, 5.41) is 3.06. The quantitative estimate of drug-likeness (QED) is 0.863. The number of amides is 1. The Labute approximate surface area is 125 Å². The lowest BCUT2D eigenvalue weighted by molar-refractivity contribution is -0.126. The fraction of sp³-hybridized carbons (Fsp3) is 0.364. The van der Waals surface area contributed by atoms with Crippen molar-refractivity contribution in [3.8, 4) is 0 Å². The van der Waals surface area contributed by atoms with Crippen molar-refractivity contribution in [3.05, 3.63) is 27.7 Å². The molecule has 1 N–H and O–H groups in total. The fourth-order valence-electron chi connectivity index (χ4n) is 1.86. The van der Waals surface area contributed by atoms with Gasteiger partial charge in [0.2, 0.25) is 15.9 Å². The molecular formula is C11H12BrClN2O3S. The van der Waals surface area contributed by atoms with Gasteiger partial charge in [0.25, 0.3) is 0 Å². The van der Waals surface area contributed by atoms with Crippen LogP contribution in [0.15, 0.2) is 27.6 Å². The van der Waals surface area contributed by atoms with Crippen molar-refractivity contribution in [2.45, 2.75) is 17.9 Å². The SMILES string of the molecule is CC1C(=O)NCCN1S(=O)(=O)c1ccc(Cl)c(Br)c1. The van der Waals surface area contributed by atoms with Gasteiger partial charge in [-0.15, -0.1) is 0 Å². The summed E-state index contributed by atoms with van der Waals surface area (Å²) in [6, 6.07) is 3.67. The van der Waals surface area contributed by atoms with Crippen molar-refractivity contribution >= 4 is 43.5 Å². The van der Waals surface area contributed by atoms with Gasteiger partial charge in [0, 0.05) is 17.6 Å². The minimum absolute atomic E-state index is 0.116. The number of benzene rings is 1. The third kappa shape index (κ3) is 2.79. The maximum atomic E-state index is 12.5. The van der Waals surface area contributed by atoms with Crippen LogP contribution in [0.2, 0.25) is 5.02 Å². The Bertz CT molecular complexity index is 620. The second-order valence-electron chi connectivity index (χ2n) is 4.16. The minimum Gasteiger partial charge on any atom is -0.353 e. The molecule has 1 unspecified atom stereocenters. The van der Waals surface area contributed by atoms with Gasteiger partial charge in [-0.25, -0.2) is 8.42 Å². The van der Waals surface area contributed by atoms with E-state index in [4.69, 9.17) is 11.6 Å². The van der Waals surface area contributed by atoms with Gasteiger partial charge in [-0.3, -0.25) is 4.79 Å². The van der Waals surface area contributed by atoms with Crippen LogP contribution in [0.1, 0.15) is 6.92 Å². The van der Waals surface area contributed by atoms with E-state index >= 15 is 0 Å². The Kier molecular flexibility index (Phi) is 4.20. The van der Waals surface area contributed by atoms with Crippen LogP contribution in [-0.4, -0.2) is 37.8 Å². The number of piperazine rings is 1. The van der Waals surface area contributed by atoms with Gasteiger partial charge >= 0.3 is 0 Å². The first-order chi connectivity index (χ1) is 8.84. The summed E-state index contributed by atoms with van der Waals surface area (Å²) in [6.45, 7) is 2.14. The van der Waals surface area contributed by atoms with Crippen LogP contribution in [0, 0.1) is 0 Å². The second-order valence-corrected chi connectivity index (χ2v) is 7.31. The number of hydrogen-bond donors (Lipinski definition) is 1. The van der Waals surface area contributed by atoms with E-state index in [0.29, 0.717) is 16.0 Å². The molecule has 1 heterocycles. The highest BCUT2D eigenvalue weighted by atomic mass is 79.9. The summed E-state index contributed by atoms with van der Waals surface area (Å²) in [4.78, 5) is 11.7. The van der Waals surface area contributed by atoms with E-state index in [1.165, 1.54) is 22.5 Å². The van der Waals surface area contributed by atoms with Gasteiger partial charge in [-0.1, -0.05) is 11.6 Å². The molecule has 1 aliphatic heterocycles. The maximum absolute atomic E-state index is 12.5. The number of hydrogen-bond acceptors (Lipinski definition) is 3. The molecule has 0 aromatic heterocycles. The molecule has 8 heteroatoms. The lowest BCUT2D eigenvalue weighted by Gasteiger charge is -2.31. The first kappa shape index (κ1) is 14.8. The van der Waals surface area contributed by atoms with Crippen molar-refractivity contribution in [1.29, 1.82) is 0 Å². The summed E-state index contributed by atoms with van der Waals surface area (Å²) in [6.07, 6.45) is 0. The van der Waals surface area contributed by atoms with Crippen molar-refractivity contribution in [3.63, 3.8) is 0 Å². The highest BCUT2D eigenvalue weighted by Gasteiger charge is 2.35. The summed E-state index contributed by atoms with van der Waals surface area (Å²) in [5.74, 6) is -0.289. The molecule has 0 spiro atoms. The molecule has 1 aromatic rings. The third-order valence-corrected chi connectivity index (χ3v) is 6.12. The number of nitrogens with one attached hydrogen (secondary N) is 1. The molecule has 1 aromatic carbocycles. The number of nitrogens with zero attached hydrogens (tertiary/aromatic N) is 1. The van der Waals surface area contributed by atoms with Gasteiger partial charge in [-0.2, -0.15) is 4.31 Å². The molecular weight excluding hydrogens is 356 g/mol. The van der Waals surface area contributed by atoms with Crippen molar-refractivity contribution < 1.29 is 13.2 Å². The van der Waals surface area contributed by atoms with E-state index < -0.39 is 16.1 Å². The molecule has 1 amide bonds. The highest BCUT2D eigenvalue weighted by Crippen LogP contribution is 2.27. The van der Waals surface area contributed by atoms with Crippen LogP contribution in [0.3, 0.4) is 0 Å². The van der Waals surface area contributed by atoms with Crippen LogP contribution >= 0.6 is 27.5 Å². The zero-order chi connectivity index (χ0) is 14.2. The predicted octanol–water partition coefficient (Wildman–Crippen LogP) is 1.61. The van der Waals surface area contributed by atoms with Gasteiger partial charge in [0.05, 0.1) is 9.92 Å². The Morgan fingerprint density at radius 2 is 2.16 bits per heavy atom. The molecule has 0 aliphatic carbocycles. The summed E-state index contributed by atoms with van der Waals surface area (Å²) in [5.41, 5.74) is 0. The number of sulfonamides is 1. The van der Waals surface area contributed by atoms with Gasteiger partial charge in [-0.05, 0) is 41.1 Å². The molecule has 0 saturated carbocycles.